The van der Waals surface area contributed by atoms with Crippen LogP contribution in [0.4, 0.5) is 0 Å². The van der Waals surface area contributed by atoms with Gasteiger partial charge in [0, 0.05) is 15.2 Å². The monoisotopic (exact) mass is 338 g/mol. The minimum Gasteiger partial charge on any atom is -0.462 e. The summed E-state index contributed by atoms with van der Waals surface area (Å²) in [6, 6.07) is 4.78. The molecule has 0 radical (unpaired) electrons. The van der Waals surface area contributed by atoms with E-state index >= 15 is 0 Å². The second kappa shape index (κ2) is 10.5. The molecular formula is C20H38O2Si. The predicted octanol–water partition coefficient (Wildman–Crippen LogP) is 5.72. The molecule has 1 heterocycles. The molecular weight excluding hydrogens is 300 g/mol. The molecule has 0 N–H and O–H groups in total. The lowest BCUT2D eigenvalue weighted by Gasteiger charge is -2.37. The van der Waals surface area contributed by atoms with Gasteiger partial charge in [0.2, 0.25) is 0 Å². The second-order valence-corrected chi connectivity index (χ2v) is 11.5. The van der Waals surface area contributed by atoms with Crippen molar-refractivity contribution in [3.05, 3.63) is 0 Å². The number of ether oxygens (including phenoxy) is 1. The summed E-state index contributed by atoms with van der Waals surface area (Å²) < 4.78 is 5.69. The van der Waals surface area contributed by atoms with E-state index in [0.29, 0.717) is 6.42 Å². The Labute approximate surface area is 145 Å². The zero-order valence-electron chi connectivity index (χ0n) is 15.5. The fraction of sp³-hybridized carbons (Fsp3) is 0.950. The summed E-state index contributed by atoms with van der Waals surface area (Å²) in [6.07, 6.45) is 13.5. The number of carbonyl (C=O) groups is 1. The van der Waals surface area contributed by atoms with E-state index in [9.17, 15) is 4.79 Å². The van der Waals surface area contributed by atoms with Crippen LogP contribution < -0.4 is 0 Å². The minimum atomic E-state index is -0.335. The van der Waals surface area contributed by atoms with E-state index in [1.54, 1.807) is 18.1 Å². The van der Waals surface area contributed by atoms with Crippen molar-refractivity contribution in [3.63, 3.8) is 0 Å². The summed E-state index contributed by atoms with van der Waals surface area (Å²) in [4.78, 5) is 11.8. The molecule has 0 atom stereocenters. The molecule has 1 aliphatic heterocycles. The maximum Gasteiger partial charge on any atom is 0.306 e. The van der Waals surface area contributed by atoms with Crippen molar-refractivity contribution in [2.75, 3.05) is 0 Å². The SMILES string of the molecule is CCCCCC(=O)OC1CCC([C@H]2CC[Si@H](CCC)CC2)CC1. The van der Waals surface area contributed by atoms with Gasteiger partial charge in [-0.1, -0.05) is 64.1 Å². The molecule has 1 saturated heterocycles. The molecule has 2 fully saturated rings. The van der Waals surface area contributed by atoms with E-state index in [4.69, 9.17) is 4.74 Å². The lowest BCUT2D eigenvalue weighted by Crippen LogP contribution is -2.31. The standard InChI is InChI=1S/C20H38O2Si/c1-3-5-6-7-20(21)22-19-10-8-17(9-11-19)18-12-15-23(14-4-2)16-13-18/h17-19,23H,3-16H2,1-2H3/t17?,18-,19?,23-. The number of rotatable bonds is 8. The molecule has 1 aliphatic carbocycles. The Morgan fingerprint density at radius 3 is 2.17 bits per heavy atom. The summed E-state index contributed by atoms with van der Waals surface area (Å²) in [6.45, 7) is 4.52. The Morgan fingerprint density at radius 2 is 1.57 bits per heavy atom. The van der Waals surface area contributed by atoms with Gasteiger partial charge in [0.15, 0.2) is 0 Å². The highest BCUT2D eigenvalue weighted by molar-refractivity contribution is 6.58. The lowest BCUT2D eigenvalue weighted by molar-refractivity contribution is -0.151. The zero-order chi connectivity index (χ0) is 16.5. The van der Waals surface area contributed by atoms with E-state index < -0.39 is 0 Å². The van der Waals surface area contributed by atoms with Gasteiger partial charge in [-0.05, 0) is 43.9 Å². The van der Waals surface area contributed by atoms with E-state index in [1.165, 1.54) is 38.5 Å². The van der Waals surface area contributed by atoms with Crippen molar-refractivity contribution in [2.24, 2.45) is 11.8 Å². The van der Waals surface area contributed by atoms with Crippen LogP contribution in [0.25, 0.3) is 0 Å². The van der Waals surface area contributed by atoms with Crippen LogP contribution in [0, 0.1) is 11.8 Å². The van der Waals surface area contributed by atoms with Crippen LogP contribution in [0.5, 0.6) is 0 Å². The zero-order valence-corrected chi connectivity index (χ0v) is 16.7. The van der Waals surface area contributed by atoms with E-state index in [-0.39, 0.29) is 20.9 Å². The van der Waals surface area contributed by atoms with E-state index in [1.807, 2.05) is 0 Å². The first-order valence-corrected chi connectivity index (χ1v) is 12.9. The van der Waals surface area contributed by atoms with Crippen molar-refractivity contribution in [2.45, 2.75) is 109 Å². The summed E-state index contributed by atoms with van der Waals surface area (Å²) in [7, 11) is -0.335. The third-order valence-corrected chi connectivity index (χ3v) is 9.95. The Kier molecular flexibility index (Phi) is 8.71. The third kappa shape index (κ3) is 6.60. The first-order chi connectivity index (χ1) is 11.2. The minimum absolute atomic E-state index is 0.0490. The van der Waals surface area contributed by atoms with Gasteiger partial charge < -0.3 is 4.74 Å². The predicted molar refractivity (Wildman–Crippen MR) is 101 cm³/mol. The van der Waals surface area contributed by atoms with Gasteiger partial charge in [0.25, 0.3) is 0 Å². The largest absolute Gasteiger partial charge is 0.462 e. The smallest absolute Gasteiger partial charge is 0.306 e. The van der Waals surface area contributed by atoms with E-state index in [2.05, 4.69) is 13.8 Å². The Balaban J connectivity index is 1.61. The van der Waals surface area contributed by atoms with Crippen LogP contribution in [0.3, 0.4) is 0 Å². The molecule has 0 bridgehead atoms. The molecule has 0 aromatic heterocycles. The fourth-order valence-electron chi connectivity index (χ4n) is 4.80. The quantitative estimate of drug-likeness (QED) is 0.321. The van der Waals surface area contributed by atoms with Crippen LogP contribution in [0.1, 0.15) is 84.5 Å². The van der Waals surface area contributed by atoms with Crippen molar-refractivity contribution < 1.29 is 9.53 Å². The summed E-state index contributed by atoms with van der Waals surface area (Å²) in [5.74, 6) is 1.98. The maximum atomic E-state index is 11.8. The number of carbonyl (C=O) groups excluding carboxylic acids is 1. The van der Waals surface area contributed by atoms with Gasteiger partial charge in [0.1, 0.15) is 6.10 Å². The van der Waals surface area contributed by atoms with Crippen LogP contribution in [0.2, 0.25) is 18.1 Å². The highest BCUT2D eigenvalue weighted by Gasteiger charge is 2.31. The molecule has 0 unspecified atom stereocenters. The molecule has 2 aliphatic rings. The third-order valence-electron chi connectivity index (χ3n) is 6.26. The van der Waals surface area contributed by atoms with Gasteiger partial charge in [0.05, 0.1) is 0 Å². The van der Waals surface area contributed by atoms with Crippen LogP contribution in [0.15, 0.2) is 0 Å². The van der Waals surface area contributed by atoms with Crippen molar-refractivity contribution >= 4 is 14.8 Å². The number of hydrogen-bond acceptors (Lipinski definition) is 2. The summed E-state index contributed by atoms with van der Waals surface area (Å²) in [5.41, 5.74) is 0. The first-order valence-electron chi connectivity index (χ1n) is 10.4. The van der Waals surface area contributed by atoms with Crippen LogP contribution in [-0.4, -0.2) is 20.9 Å². The lowest BCUT2D eigenvalue weighted by atomic mass is 9.76. The molecule has 1 saturated carbocycles. The molecule has 0 aromatic rings. The second-order valence-electron chi connectivity index (χ2n) is 8.05. The Bertz CT molecular complexity index is 329. The molecule has 2 rings (SSSR count). The molecule has 0 aromatic carbocycles. The highest BCUT2D eigenvalue weighted by Crippen LogP contribution is 2.40. The van der Waals surface area contributed by atoms with Gasteiger partial charge in [-0.15, -0.1) is 0 Å². The number of esters is 1. The number of hydrogen-bond donors (Lipinski definition) is 0. The van der Waals surface area contributed by atoms with E-state index in [0.717, 1.165) is 37.5 Å². The molecule has 2 nitrogen and oxygen atoms in total. The molecule has 3 heteroatoms. The fourth-order valence-corrected chi connectivity index (χ4v) is 8.28. The topological polar surface area (TPSA) is 26.3 Å². The van der Waals surface area contributed by atoms with Crippen molar-refractivity contribution in [1.29, 1.82) is 0 Å². The summed E-state index contributed by atoms with van der Waals surface area (Å²) in [5, 5.41) is 0. The first kappa shape index (κ1) is 19.0. The average molecular weight is 339 g/mol. The Hall–Kier alpha value is -0.313. The van der Waals surface area contributed by atoms with Crippen LogP contribution in [-0.2, 0) is 9.53 Å². The molecule has 23 heavy (non-hydrogen) atoms. The normalized spacial score (nSPS) is 31.7. The molecule has 0 amide bonds. The van der Waals surface area contributed by atoms with Crippen molar-refractivity contribution in [3.8, 4) is 0 Å². The number of unbranched alkanes of at least 4 members (excludes halogenated alkanes) is 2. The Morgan fingerprint density at radius 1 is 0.913 bits per heavy atom. The highest BCUT2D eigenvalue weighted by atomic mass is 28.3. The average Bonchev–Trinajstić information content (AvgIpc) is 2.57. The van der Waals surface area contributed by atoms with Gasteiger partial charge in [-0.2, -0.15) is 0 Å². The molecule has 134 valence electrons. The van der Waals surface area contributed by atoms with Gasteiger partial charge >= 0.3 is 5.97 Å². The maximum absolute atomic E-state index is 11.8. The summed E-state index contributed by atoms with van der Waals surface area (Å²) >= 11 is 0. The molecule has 0 spiro atoms. The van der Waals surface area contributed by atoms with Gasteiger partial charge in [-0.25, -0.2) is 0 Å². The van der Waals surface area contributed by atoms with Crippen molar-refractivity contribution in [1.82, 2.24) is 0 Å². The van der Waals surface area contributed by atoms with Gasteiger partial charge in [-0.3, -0.25) is 4.79 Å². The van der Waals surface area contributed by atoms with Crippen LogP contribution >= 0.6 is 0 Å².